The van der Waals surface area contributed by atoms with Gasteiger partial charge in [-0.25, -0.2) is 14.4 Å². The number of hydrogen-bond donors (Lipinski definition) is 2. The standard InChI is InChI=1S/C23H32FN5O.HI/c1-5-25-23(28-18(4)20-7-6-16(2)21(24)13-20)27-14-19-8-9-26-22(12-19)29-10-11-30-17(3)15-29;/h6-9,12-13,17-18H,5,10-11,14-15H2,1-4H3,(H2,25,27,28);1H. The van der Waals surface area contributed by atoms with E-state index in [0.717, 1.165) is 43.2 Å². The van der Waals surface area contributed by atoms with Crippen LogP contribution >= 0.6 is 24.0 Å². The van der Waals surface area contributed by atoms with Crippen molar-refractivity contribution in [2.45, 2.75) is 46.4 Å². The van der Waals surface area contributed by atoms with E-state index in [-0.39, 0.29) is 41.9 Å². The predicted octanol–water partition coefficient (Wildman–Crippen LogP) is 4.19. The zero-order valence-corrected chi connectivity index (χ0v) is 21.0. The molecule has 2 unspecified atom stereocenters. The summed E-state index contributed by atoms with van der Waals surface area (Å²) in [5.74, 6) is 1.47. The van der Waals surface area contributed by atoms with Crippen LogP contribution in [0.25, 0.3) is 0 Å². The molecule has 0 bridgehead atoms. The zero-order valence-electron chi connectivity index (χ0n) is 18.7. The quantitative estimate of drug-likeness (QED) is 0.327. The fourth-order valence-electron chi connectivity index (χ4n) is 3.42. The monoisotopic (exact) mass is 541 g/mol. The predicted molar refractivity (Wildman–Crippen MR) is 135 cm³/mol. The lowest BCUT2D eigenvalue weighted by atomic mass is 10.1. The SMILES string of the molecule is CCNC(=NCc1ccnc(N2CCOC(C)C2)c1)NC(C)c1ccc(C)c(F)c1.I. The van der Waals surface area contributed by atoms with Crippen molar-refractivity contribution in [2.24, 2.45) is 4.99 Å². The molecule has 31 heavy (non-hydrogen) atoms. The van der Waals surface area contributed by atoms with Crippen molar-refractivity contribution in [1.29, 1.82) is 0 Å². The van der Waals surface area contributed by atoms with Gasteiger partial charge >= 0.3 is 0 Å². The number of anilines is 1. The van der Waals surface area contributed by atoms with Crippen molar-refractivity contribution in [3.05, 3.63) is 59.0 Å². The van der Waals surface area contributed by atoms with Crippen LogP contribution in [0.1, 0.15) is 43.5 Å². The third-order valence-corrected chi connectivity index (χ3v) is 5.19. The number of ether oxygens (including phenoxy) is 1. The van der Waals surface area contributed by atoms with Gasteiger partial charge in [0.05, 0.1) is 25.3 Å². The van der Waals surface area contributed by atoms with E-state index in [1.165, 1.54) is 0 Å². The summed E-state index contributed by atoms with van der Waals surface area (Å²) in [5.41, 5.74) is 2.62. The van der Waals surface area contributed by atoms with Gasteiger partial charge < -0.3 is 20.3 Å². The molecule has 1 aromatic heterocycles. The molecule has 2 N–H and O–H groups in total. The van der Waals surface area contributed by atoms with Crippen molar-refractivity contribution in [3.8, 4) is 0 Å². The number of halogens is 2. The van der Waals surface area contributed by atoms with Gasteiger partial charge in [-0.05, 0) is 62.6 Å². The summed E-state index contributed by atoms with van der Waals surface area (Å²) in [6.07, 6.45) is 2.04. The molecular formula is C23H33FIN5O. The van der Waals surface area contributed by atoms with Crippen LogP contribution < -0.4 is 15.5 Å². The van der Waals surface area contributed by atoms with Crippen molar-refractivity contribution >= 4 is 35.8 Å². The number of nitrogens with one attached hydrogen (secondary N) is 2. The van der Waals surface area contributed by atoms with Gasteiger partial charge in [-0.15, -0.1) is 24.0 Å². The van der Waals surface area contributed by atoms with E-state index in [9.17, 15) is 4.39 Å². The van der Waals surface area contributed by atoms with Crippen LogP contribution in [-0.4, -0.2) is 43.3 Å². The third-order valence-electron chi connectivity index (χ3n) is 5.19. The molecule has 0 spiro atoms. The molecule has 170 valence electrons. The van der Waals surface area contributed by atoms with Crippen molar-refractivity contribution < 1.29 is 9.13 Å². The normalized spacial score (nSPS) is 17.6. The van der Waals surface area contributed by atoms with Crippen molar-refractivity contribution in [2.75, 3.05) is 31.1 Å². The first-order valence-electron chi connectivity index (χ1n) is 10.6. The van der Waals surface area contributed by atoms with Crippen LogP contribution in [0, 0.1) is 12.7 Å². The minimum Gasteiger partial charge on any atom is -0.375 e. The van der Waals surface area contributed by atoms with E-state index in [0.29, 0.717) is 18.1 Å². The molecule has 1 fully saturated rings. The lowest BCUT2D eigenvalue weighted by Gasteiger charge is -2.32. The number of hydrogen-bond acceptors (Lipinski definition) is 4. The number of aryl methyl sites for hydroxylation is 1. The van der Waals surface area contributed by atoms with Crippen LogP contribution in [0.2, 0.25) is 0 Å². The average Bonchev–Trinajstić information content (AvgIpc) is 2.74. The number of benzene rings is 1. The highest BCUT2D eigenvalue weighted by Crippen LogP contribution is 2.18. The van der Waals surface area contributed by atoms with Gasteiger partial charge in [0.2, 0.25) is 0 Å². The van der Waals surface area contributed by atoms with Gasteiger partial charge in [-0.3, -0.25) is 0 Å². The topological polar surface area (TPSA) is 61.8 Å². The Bertz CT molecular complexity index is 879. The lowest BCUT2D eigenvalue weighted by Crippen LogP contribution is -2.41. The van der Waals surface area contributed by atoms with E-state index < -0.39 is 0 Å². The molecule has 0 radical (unpaired) electrons. The molecule has 6 nitrogen and oxygen atoms in total. The second-order valence-corrected chi connectivity index (χ2v) is 7.72. The molecule has 1 aliphatic heterocycles. The molecule has 1 aliphatic rings. The molecule has 0 amide bonds. The third kappa shape index (κ3) is 7.31. The summed E-state index contributed by atoms with van der Waals surface area (Å²) in [7, 11) is 0. The zero-order chi connectivity index (χ0) is 21.5. The highest BCUT2D eigenvalue weighted by molar-refractivity contribution is 14.0. The summed E-state index contributed by atoms with van der Waals surface area (Å²) in [4.78, 5) is 11.5. The van der Waals surface area contributed by atoms with E-state index in [1.807, 2.05) is 32.2 Å². The van der Waals surface area contributed by atoms with Gasteiger partial charge in [-0.1, -0.05) is 12.1 Å². The Morgan fingerprint density at radius 3 is 2.87 bits per heavy atom. The highest BCUT2D eigenvalue weighted by atomic mass is 127. The number of morpholine rings is 1. The summed E-state index contributed by atoms with van der Waals surface area (Å²) >= 11 is 0. The molecule has 1 saturated heterocycles. The minimum absolute atomic E-state index is 0. The van der Waals surface area contributed by atoms with Crippen LogP contribution in [0.3, 0.4) is 0 Å². The molecule has 0 aliphatic carbocycles. The molecule has 0 saturated carbocycles. The molecule has 3 rings (SSSR count). The number of rotatable bonds is 6. The molecule has 1 aromatic carbocycles. The van der Waals surface area contributed by atoms with Gasteiger partial charge in [0.1, 0.15) is 11.6 Å². The summed E-state index contributed by atoms with van der Waals surface area (Å²) in [5, 5.41) is 6.63. The van der Waals surface area contributed by atoms with Gasteiger partial charge in [0, 0.05) is 25.8 Å². The highest BCUT2D eigenvalue weighted by Gasteiger charge is 2.18. The first-order valence-corrected chi connectivity index (χ1v) is 10.6. The van der Waals surface area contributed by atoms with E-state index >= 15 is 0 Å². The van der Waals surface area contributed by atoms with Gasteiger partial charge in [-0.2, -0.15) is 0 Å². The number of aromatic nitrogens is 1. The van der Waals surface area contributed by atoms with Crippen LogP contribution in [-0.2, 0) is 11.3 Å². The average molecular weight is 541 g/mol. The molecule has 2 atom stereocenters. The lowest BCUT2D eigenvalue weighted by molar-refractivity contribution is 0.0529. The maximum absolute atomic E-state index is 13.9. The Morgan fingerprint density at radius 1 is 1.35 bits per heavy atom. The van der Waals surface area contributed by atoms with Gasteiger partial charge in [0.25, 0.3) is 0 Å². The summed E-state index contributed by atoms with van der Waals surface area (Å²) in [6.45, 7) is 11.6. The summed E-state index contributed by atoms with van der Waals surface area (Å²) in [6, 6.07) is 9.33. The second-order valence-electron chi connectivity index (χ2n) is 7.72. The number of aliphatic imine (C=N–C) groups is 1. The van der Waals surface area contributed by atoms with Crippen LogP contribution in [0.5, 0.6) is 0 Å². The minimum atomic E-state index is -0.190. The largest absolute Gasteiger partial charge is 0.375 e. The number of nitrogens with zero attached hydrogens (tertiary/aromatic N) is 3. The first-order chi connectivity index (χ1) is 14.5. The Morgan fingerprint density at radius 2 is 2.16 bits per heavy atom. The Kier molecular flexibility index (Phi) is 9.95. The fourth-order valence-corrected chi connectivity index (χ4v) is 3.42. The molecule has 8 heteroatoms. The molecular weight excluding hydrogens is 508 g/mol. The van der Waals surface area contributed by atoms with Crippen LogP contribution in [0.15, 0.2) is 41.5 Å². The Balaban J connectivity index is 0.00000341. The number of pyridine rings is 1. The maximum Gasteiger partial charge on any atom is 0.192 e. The Labute approximate surface area is 201 Å². The molecule has 2 aromatic rings. The van der Waals surface area contributed by atoms with E-state index in [1.54, 1.807) is 19.1 Å². The van der Waals surface area contributed by atoms with E-state index in [2.05, 4.69) is 33.5 Å². The summed E-state index contributed by atoms with van der Waals surface area (Å²) < 4.78 is 19.5. The van der Waals surface area contributed by atoms with Crippen molar-refractivity contribution in [1.82, 2.24) is 15.6 Å². The van der Waals surface area contributed by atoms with Crippen LogP contribution in [0.4, 0.5) is 10.2 Å². The maximum atomic E-state index is 13.9. The Hall–Kier alpha value is -1.94. The molecule has 2 heterocycles. The van der Waals surface area contributed by atoms with Gasteiger partial charge in [0.15, 0.2) is 5.96 Å². The first kappa shape index (κ1) is 25.3. The number of guanidine groups is 1. The second kappa shape index (κ2) is 12.2. The van der Waals surface area contributed by atoms with E-state index in [4.69, 9.17) is 9.73 Å². The van der Waals surface area contributed by atoms with Crippen molar-refractivity contribution in [3.63, 3.8) is 0 Å². The fraction of sp³-hybridized carbons (Fsp3) is 0.478. The smallest absolute Gasteiger partial charge is 0.192 e.